The van der Waals surface area contributed by atoms with Gasteiger partial charge in [0.25, 0.3) is 0 Å². The number of carbonyl (C=O) groups is 3. The van der Waals surface area contributed by atoms with Crippen molar-refractivity contribution in [1.82, 2.24) is 15.5 Å². The number of carbonyl (C=O) groups excluding carboxylic acids is 3. The van der Waals surface area contributed by atoms with E-state index in [9.17, 15) is 14.4 Å². The zero-order valence-electron chi connectivity index (χ0n) is 20.5. The molecule has 0 bridgehead atoms. The molecule has 178 valence electrons. The Morgan fingerprint density at radius 1 is 1.13 bits per heavy atom. The van der Waals surface area contributed by atoms with E-state index in [-0.39, 0.29) is 43.2 Å². The number of amides is 1. The lowest BCUT2D eigenvalue weighted by molar-refractivity contribution is -0.129. The summed E-state index contributed by atoms with van der Waals surface area (Å²) in [5.74, 6) is -0.260. The largest absolute Gasteiger partial charge is 0.445 e. The molecule has 0 saturated carbocycles. The van der Waals surface area contributed by atoms with Crippen LogP contribution in [0.1, 0.15) is 73.6 Å². The molecule has 0 radical (unpaired) electrons. The summed E-state index contributed by atoms with van der Waals surface area (Å²) in [6.07, 6.45) is 8.03. The molecule has 1 amide bonds. The van der Waals surface area contributed by atoms with E-state index < -0.39 is 17.2 Å². The smallest absolute Gasteiger partial charge is 0.409 e. The first kappa shape index (κ1) is 27.3. The fourth-order valence-corrected chi connectivity index (χ4v) is 4.13. The van der Waals surface area contributed by atoms with Crippen LogP contribution in [0.4, 0.5) is 4.79 Å². The lowest BCUT2D eigenvalue weighted by Crippen LogP contribution is -2.62. The Kier molecular flexibility index (Phi) is 10.9. The van der Waals surface area contributed by atoms with Crippen molar-refractivity contribution < 1.29 is 19.1 Å². The first-order chi connectivity index (χ1) is 14.4. The maximum absolute atomic E-state index is 13.3. The van der Waals surface area contributed by atoms with Crippen LogP contribution >= 0.6 is 0 Å². The highest BCUT2D eigenvalue weighted by atomic mass is 16.6. The molecule has 1 aliphatic rings. The quantitative estimate of drug-likeness (QED) is 0.655. The van der Waals surface area contributed by atoms with E-state index in [2.05, 4.69) is 10.6 Å². The number of likely N-dealkylation sites (N-methyl/N-ethyl adjacent to an activating group) is 1. The second kappa shape index (κ2) is 12.3. The van der Waals surface area contributed by atoms with Gasteiger partial charge in [-0.2, -0.15) is 0 Å². The van der Waals surface area contributed by atoms with Gasteiger partial charge in [-0.3, -0.25) is 14.9 Å². The molecule has 0 aromatic rings. The Morgan fingerprint density at radius 2 is 1.81 bits per heavy atom. The van der Waals surface area contributed by atoms with Crippen LogP contribution in [0.5, 0.6) is 0 Å². The standard InChI is InChI=1S/C24H43N3O4/c1-18(2)21(29)24(6)17-27(7)22(30)31-15-13-11-9-8-10-12-14-23(5,26-19(3)4)20(28)16-25-24/h11,13,18-19,25-26H,8-10,12,14-17H2,1-7H3/b13-11-/t23-,24+/m1/s1. The van der Waals surface area contributed by atoms with Gasteiger partial charge in [0.1, 0.15) is 6.61 Å². The molecule has 31 heavy (non-hydrogen) atoms. The highest BCUT2D eigenvalue weighted by Gasteiger charge is 2.39. The molecule has 2 atom stereocenters. The van der Waals surface area contributed by atoms with Crippen LogP contribution in [0, 0.1) is 5.92 Å². The number of ketones is 2. The molecule has 1 rings (SSSR count). The van der Waals surface area contributed by atoms with Crippen molar-refractivity contribution in [3.05, 3.63) is 12.2 Å². The minimum Gasteiger partial charge on any atom is -0.445 e. The third-order valence-electron chi connectivity index (χ3n) is 5.81. The highest BCUT2D eigenvalue weighted by Crippen LogP contribution is 2.20. The molecular formula is C24H43N3O4. The summed E-state index contributed by atoms with van der Waals surface area (Å²) in [6.45, 7) is 11.8. The first-order valence-electron chi connectivity index (χ1n) is 11.5. The maximum atomic E-state index is 13.3. The van der Waals surface area contributed by atoms with Crippen molar-refractivity contribution in [2.24, 2.45) is 5.92 Å². The molecule has 0 aromatic carbocycles. The fraction of sp³-hybridized carbons (Fsp3) is 0.792. The van der Waals surface area contributed by atoms with E-state index in [4.69, 9.17) is 4.74 Å². The van der Waals surface area contributed by atoms with E-state index in [1.165, 1.54) is 4.90 Å². The summed E-state index contributed by atoms with van der Waals surface area (Å²) < 4.78 is 5.30. The zero-order valence-corrected chi connectivity index (χ0v) is 20.5. The molecule has 2 N–H and O–H groups in total. The molecule has 7 nitrogen and oxygen atoms in total. The van der Waals surface area contributed by atoms with Crippen molar-refractivity contribution in [1.29, 1.82) is 0 Å². The normalized spacial score (nSPS) is 29.0. The summed E-state index contributed by atoms with van der Waals surface area (Å²) in [5.41, 5.74) is -1.72. The number of rotatable bonds is 4. The number of hydrogen-bond donors (Lipinski definition) is 2. The predicted octanol–water partition coefficient (Wildman–Crippen LogP) is 3.47. The van der Waals surface area contributed by atoms with Crippen LogP contribution in [0.15, 0.2) is 12.2 Å². The van der Waals surface area contributed by atoms with Gasteiger partial charge in [0.2, 0.25) is 0 Å². The van der Waals surface area contributed by atoms with Crippen LogP contribution in [0.2, 0.25) is 0 Å². The molecule has 7 heteroatoms. The van der Waals surface area contributed by atoms with Crippen molar-refractivity contribution in [3.8, 4) is 0 Å². The van der Waals surface area contributed by atoms with Gasteiger partial charge in [-0.15, -0.1) is 0 Å². The molecule has 1 heterocycles. The summed E-state index contributed by atoms with van der Waals surface area (Å²) in [5, 5.41) is 6.64. The van der Waals surface area contributed by atoms with Crippen molar-refractivity contribution in [3.63, 3.8) is 0 Å². The number of allylic oxidation sites excluding steroid dienone is 1. The molecule has 0 unspecified atom stereocenters. The molecule has 0 saturated heterocycles. The van der Waals surface area contributed by atoms with Gasteiger partial charge in [0, 0.05) is 25.6 Å². The first-order valence-corrected chi connectivity index (χ1v) is 11.5. The van der Waals surface area contributed by atoms with Crippen molar-refractivity contribution in [2.75, 3.05) is 26.7 Å². The Hall–Kier alpha value is -1.73. The third kappa shape index (κ3) is 8.73. The minimum absolute atomic E-state index is 0.0263. The number of cyclic esters (lactones) is 1. The average Bonchev–Trinajstić information content (AvgIpc) is 2.68. The van der Waals surface area contributed by atoms with Crippen molar-refractivity contribution in [2.45, 2.75) is 90.8 Å². The van der Waals surface area contributed by atoms with Gasteiger partial charge in [0.05, 0.1) is 17.6 Å². The Labute approximate surface area is 188 Å². The molecule has 0 spiro atoms. The molecule has 0 aliphatic carbocycles. The van der Waals surface area contributed by atoms with Crippen LogP contribution in [-0.2, 0) is 14.3 Å². The maximum Gasteiger partial charge on any atom is 0.409 e. The van der Waals surface area contributed by atoms with Gasteiger partial charge in [-0.25, -0.2) is 4.79 Å². The molecular weight excluding hydrogens is 394 g/mol. The Balaban J connectivity index is 3.15. The van der Waals surface area contributed by atoms with Gasteiger partial charge in [-0.1, -0.05) is 38.8 Å². The van der Waals surface area contributed by atoms with Gasteiger partial charge in [0.15, 0.2) is 11.6 Å². The predicted molar refractivity (Wildman–Crippen MR) is 124 cm³/mol. The zero-order chi connectivity index (χ0) is 23.7. The van der Waals surface area contributed by atoms with E-state index in [1.807, 2.05) is 46.8 Å². The monoisotopic (exact) mass is 437 g/mol. The van der Waals surface area contributed by atoms with E-state index >= 15 is 0 Å². The summed E-state index contributed by atoms with van der Waals surface area (Å²) in [6, 6.07) is 0.163. The number of Topliss-reactive ketones (excluding diaryl/α,β-unsaturated/α-hetero) is 2. The number of ether oxygens (including phenoxy) is 1. The van der Waals surface area contributed by atoms with Crippen LogP contribution in [0.3, 0.4) is 0 Å². The lowest BCUT2D eigenvalue weighted by Gasteiger charge is -2.37. The van der Waals surface area contributed by atoms with E-state index in [1.54, 1.807) is 14.0 Å². The fourth-order valence-electron chi connectivity index (χ4n) is 4.13. The molecule has 0 fully saturated rings. The Morgan fingerprint density at radius 3 is 2.42 bits per heavy atom. The highest BCUT2D eigenvalue weighted by molar-refractivity contribution is 5.93. The average molecular weight is 438 g/mol. The number of nitrogens with zero attached hydrogens (tertiary/aromatic N) is 1. The van der Waals surface area contributed by atoms with E-state index in [0.29, 0.717) is 0 Å². The number of nitrogens with one attached hydrogen (secondary N) is 2. The molecule has 0 aromatic heterocycles. The Bertz CT molecular complexity index is 647. The summed E-state index contributed by atoms with van der Waals surface area (Å²) >= 11 is 0. The summed E-state index contributed by atoms with van der Waals surface area (Å²) in [7, 11) is 1.61. The number of hydrogen-bond acceptors (Lipinski definition) is 6. The van der Waals surface area contributed by atoms with Gasteiger partial charge in [-0.05, 0) is 47.0 Å². The second-order valence-corrected chi connectivity index (χ2v) is 9.76. The van der Waals surface area contributed by atoms with Crippen molar-refractivity contribution >= 4 is 17.7 Å². The van der Waals surface area contributed by atoms with E-state index in [0.717, 1.165) is 32.1 Å². The lowest BCUT2D eigenvalue weighted by atomic mass is 9.85. The molecule has 1 aliphatic heterocycles. The topological polar surface area (TPSA) is 87.7 Å². The van der Waals surface area contributed by atoms with Gasteiger partial charge >= 0.3 is 6.09 Å². The van der Waals surface area contributed by atoms with Crippen LogP contribution in [0.25, 0.3) is 0 Å². The summed E-state index contributed by atoms with van der Waals surface area (Å²) in [4.78, 5) is 40.1. The van der Waals surface area contributed by atoms with Gasteiger partial charge < -0.3 is 15.0 Å². The van der Waals surface area contributed by atoms with Crippen LogP contribution in [-0.4, -0.2) is 66.4 Å². The second-order valence-electron chi connectivity index (χ2n) is 9.76. The van der Waals surface area contributed by atoms with Crippen LogP contribution < -0.4 is 10.6 Å². The third-order valence-corrected chi connectivity index (χ3v) is 5.81. The SMILES string of the molecule is CC(C)N[C@]1(C)CCCCC/C=C\COC(=O)N(C)C[C@@](C)(C(=O)C(C)C)NCC1=O. The minimum atomic E-state index is -1.06.